The van der Waals surface area contributed by atoms with Crippen molar-refractivity contribution in [1.29, 1.82) is 0 Å². The van der Waals surface area contributed by atoms with E-state index in [1.807, 2.05) is 24.3 Å². The predicted molar refractivity (Wildman–Crippen MR) is 43.8 cm³/mol. The minimum atomic E-state index is -0.744. The third kappa shape index (κ3) is 2.51. The zero-order valence-corrected chi connectivity index (χ0v) is 6.92. The highest BCUT2D eigenvalue weighted by Crippen LogP contribution is 2.11. The molecule has 1 aromatic rings. The van der Waals surface area contributed by atoms with Crippen LogP contribution in [-0.4, -0.2) is 14.0 Å². The lowest BCUT2D eigenvalue weighted by Crippen LogP contribution is -1.90. The van der Waals surface area contributed by atoms with Crippen LogP contribution in [0, 0.1) is 0 Å². The fourth-order valence-corrected chi connectivity index (χ4v) is 0.878. The molecule has 12 heavy (non-hydrogen) atoms. The number of hydrogen-bond acceptors (Lipinski definition) is 2. The topological polar surface area (TPSA) is 18.5 Å². The van der Waals surface area contributed by atoms with Crippen LogP contribution >= 0.6 is 0 Å². The summed E-state index contributed by atoms with van der Waals surface area (Å²) in [6, 6.07) is 7.32. The van der Waals surface area contributed by atoms with E-state index < -0.39 is 6.86 Å². The summed E-state index contributed by atoms with van der Waals surface area (Å²) in [5.74, 6) is 0.791. The monoisotopic (exact) mass is 170 g/mol. The van der Waals surface area contributed by atoms with Crippen LogP contribution in [0.1, 0.15) is 5.56 Å². The molecule has 0 bridgehead atoms. The Labute approximate surface area is 70.9 Å². The lowest BCUT2D eigenvalue weighted by molar-refractivity contribution is 0.0462. The molecular formula is C9H11FO2. The third-order valence-electron chi connectivity index (χ3n) is 1.50. The molecule has 0 aliphatic heterocycles. The molecule has 0 amide bonds. The van der Waals surface area contributed by atoms with Crippen LogP contribution in [0.15, 0.2) is 24.3 Å². The maximum absolute atomic E-state index is 11.6. The molecule has 0 unspecified atom stereocenters. The lowest BCUT2D eigenvalue weighted by Gasteiger charge is -2.01. The number of alkyl halides is 1. The molecule has 0 aliphatic rings. The van der Waals surface area contributed by atoms with Crippen molar-refractivity contribution in [3.05, 3.63) is 29.8 Å². The summed E-state index contributed by atoms with van der Waals surface area (Å²) in [4.78, 5) is 0. The second-order valence-corrected chi connectivity index (χ2v) is 2.31. The summed E-state index contributed by atoms with van der Waals surface area (Å²) in [6.07, 6.45) is 0. The summed E-state index contributed by atoms with van der Waals surface area (Å²) >= 11 is 0. The number of halogens is 1. The minimum Gasteiger partial charge on any atom is -0.497 e. The van der Waals surface area contributed by atoms with Crippen LogP contribution in [0.2, 0.25) is 0 Å². The standard InChI is InChI=1S/C9H11FO2/c1-11-9-4-2-8(3-5-9)6-12-7-10/h2-5H,6-7H2,1H3. The SMILES string of the molecule is COc1ccc(COCF)cc1. The van der Waals surface area contributed by atoms with Gasteiger partial charge in [-0.25, -0.2) is 4.39 Å². The average molecular weight is 170 g/mol. The first-order chi connectivity index (χ1) is 5.86. The first-order valence-electron chi connectivity index (χ1n) is 3.63. The second-order valence-electron chi connectivity index (χ2n) is 2.31. The van der Waals surface area contributed by atoms with Gasteiger partial charge in [-0.2, -0.15) is 0 Å². The van der Waals surface area contributed by atoms with Crippen molar-refractivity contribution in [3.63, 3.8) is 0 Å². The predicted octanol–water partition coefficient (Wildman–Crippen LogP) is 2.14. The second kappa shape index (κ2) is 4.72. The van der Waals surface area contributed by atoms with Crippen molar-refractivity contribution in [2.75, 3.05) is 14.0 Å². The van der Waals surface area contributed by atoms with Crippen LogP contribution < -0.4 is 4.74 Å². The van der Waals surface area contributed by atoms with Crippen molar-refractivity contribution in [3.8, 4) is 5.75 Å². The van der Waals surface area contributed by atoms with Crippen LogP contribution in [0.25, 0.3) is 0 Å². The summed E-state index contributed by atoms with van der Waals surface area (Å²) < 4.78 is 21.1. The summed E-state index contributed by atoms with van der Waals surface area (Å²) in [5, 5.41) is 0. The first-order valence-corrected chi connectivity index (χ1v) is 3.63. The molecule has 0 aliphatic carbocycles. The molecule has 0 spiro atoms. The van der Waals surface area contributed by atoms with Crippen LogP contribution in [-0.2, 0) is 11.3 Å². The minimum absolute atomic E-state index is 0.306. The molecule has 0 atom stereocenters. The van der Waals surface area contributed by atoms with Gasteiger partial charge in [-0.1, -0.05) is 12.1 Å². The Morgan fingerprint density at radius 3 is 2.42 bits per heavy atom. The van der Waals surface area contributed by atoms with Gasteiger partial charge < -0.3 is 9.47 Å². The number of ether oxygens (including phenoxy) is 2. The summed E-state index contributed by atoms with van der Waals surface area (Å²) in [7, 11) is 1.60. The van der Waals surface area contributed by atoms with E-state index in [1.165, 1.54) is 0 Å². The van der Waals surface area contributed by atoms with Crippen LogP contribution in [0.5, 0.6) is 5.75 Å². The van der Waals surface area contributed by atoms with Gasteiger partial charge in [0.1, 0.15) is 5.75 Å². The zero-order chi connectivity index (χ0) is 8.81. The molecule has 0 heterocycles. The highest BCUT2D eigenvalue weighted by molar-refractivity contribution is 5.26. The van der Waals surface area contributed by atoms with E-state index >= 15 is 0 Å². The Morgan fingerprint density at radius 1 is 1.25 bits per heavy atom. The fraction of sp³-hybridized carbons (Fsp3) is 0.333. The molecule has 0 fully saturated rings. The van der Waals surface area contributed by atoms with Gasteiger partial charge in [0.15, 0.2) is 6.86 Å². The molecule has 66 valence electrons. The van der Waals surface area contributed by atoms with Crippen molar-refractivity contribution in [2.45, 2.75) is 6.61 Å². The Hall–Kier alpha value is -1.09. The van der Waals surface area contributed by atoms with Crippen LogP contribution in [0.4, 0.5) is 4.39 Å². The highest BCUT2D eigenvalue weighted by atomic mass is 19.1. The molecule has 0 N–H and O–H groups in total. The normalized spacial score (nSPS) is 9.83. The van der Waals surface area contributed by atoms with E-state index in [4.69, 9.17) is 4.74 Å². The van der Waals surface area contributed by atoms with E-state index in [9.17, 15) is 4.39 Å². The maximum Gasteiger partial charge on any atom is 0.188 e. The van der Waals surface area contributed by atoms with E-state index in [1.54, 1.807) is 7.11 Å². The van der Waals surface area contributed by atoms with Gasteiger partial charge in [-0.05, 0) is 17.7 Å². The van der Waals surface area contributed by atoms with Gasteiger partial charge in [0.2, 0.25) is 0 Å². The Balaban J connectivity index is 2.53. The van der Waals surface area contributed by atoms with Gasteiger partial charge in [0.05, 0.1) is 13.7 Å². The van der Waals surface area contributed by atoms with E-state index in [0.29, 0.717) is 6.61 Å². The highest BCUT2D eigenvalue weighted by Gasteiger charge is 1.93. The molecule has 1 aromatic carbocycles. The largest absolute Gasteiger partial charge is 0.497 e. The lowest BCUT2D eigenvalue weighted by atomic mass is 10.2. The van der Waals surface area contributed by atoms with Gasteiger partial charge in [0.25, 0.3) is 0 Å². The van der Waals surface area contributed by atoms with Crippen molar-refractivity contribution >= 4 is 0 Å². The maximum atomic E-state index is 11.6. The van der Waals surface area contributed by atoms with Crippen molar-refractivity contribution < 1.29 is 13.9 Å². The van der Waals surface area contributed by atoms with Crippen molar-refractivity contribution in [1.82, 2.24) is 0 Å². The average Bonchev–Trinajstić information content (AvgIpc) is 2.15. The van der Waals surface area contributed by atoms with Crippen molar-refractivity contribution in [2.24, 2.45) is 0 Å². The molecule has 0 saturated carbocycles. The quantitative estimate of drug-likeness (QED) is 0.689. The molecule has 0 radical (unpaired) electrons. The summed E-state index contributed by atoms with van der Waals surface area (Å²) in [6.45, 7) is -0.438. The Morgan fingerprint density at radius 2 is 1.92 bits per heavy atom. The third-order valence-corrected chi connectivity index (χ3v) is 1.50. The number of hydrogen-bond donors (Lipinski definition) is 0. The van der Waals surface area contributed by atoms with E-state index in [0.717, 1.165) is 11.3 Å². The molecule has 2 nitrogen and oxygen atoms in total. The van der Waals surface area contributed by atoms with Gasteiger partial charge in [0, 0.05) is 0 Å². The van der Waals surface area contributed by atoms with E-state index in [2.05, 4.69) is 4.74 Å². The Kier molecular flexibility index (Phi) is 3.54. The fourth-order valence-electron chi connectivity index (χ4n) is 0.878. The number of methoxy groups -OCH3 is 1. The smallest absolute Gasteiger partial charge is 0.188 e. The first kappa shape index (κ1) is 9.00. The molecule has 1 rings (SSSR count). The van der Waals surface area contributed by atoms with Gasteiger partial charge in [-0.15, -0.1) is 0 Å². The number of rotatable bonds is 4. The molecule has 0 aromatic heterocycles. The summed E-state index contributed by atoms with van der Waals surface area (Å²) in [5.41, 5.74) is 0.938. The Bertz CT molecular complexity index is 220. The zero-order valence-electron chi connectivity index (χ0n) is 6.92. The molecule has 3 heteroatoms. The molecule has 0 saturated heterocycles. The number of benzene rings is 1. The van der Waals surface area contributed by atoms with Crippen LogP contribution in [0.3, 0.4) is 0 Å². The molecular weight excluding hydrogens is 159 g/mol. The van der Waals surface area contributed by atoms with E-state index in [-0.39, 0.29) is 0 Å². The van der Waals surface area contributed by atoms with Gasteiger partial charge in [-0.3, -0.25) is 0 Å². The van der Waals surface area contributed by atoms with Gasteiger partial charge >= 0.3 is 0 Å².